The highest BCUT2D eigenvalue weighted by Gasteiger charge is 2.26. The number of nitrogens with zero attached hydrogens (tertiary/aromatic N) is 1. The third-order valence-corrected chi connectivity index (χ3v) is 5.21. The number of benzene rings is 1. The molecule has 1 aliphatic heterocycles. The van der Waals surface area contributed by atoms with E-state index in [0.717, 1.165) is 39.1 Å². The lowest BCUT2D eigenvalue weighted by Gasteiger charge is -2.25. The molecule has 128 valence electrons. The third-order valence-electron chi connectivity index (χ3n) is 4.19. The summed E-state index contributed by atoms with van der Waals surface area (Å²) in [6.45, 7) is 5.02. The van der Waals surface area contributed by atoms with Gasteiger partial charge >= 0.3 is 0 Å². The molecular formula is C18H22N2O3S. The first-order chi connectivity index (χ1) is 11.6. The van der Waals surface area contributed by atoms with E-state index in [4.69, 9.17) is 9.47 Å². The summed E-state index contributed by atoms with van der Waals surface area (Å²) in [5.74, 6) is 1.45. The van der Waals surface area contributed by atoms with E-state index in [2.05, 4.69) is 17.2 Å². The average Bonchev–Trinajstić information content (AvgIpc) is 2.98. The van der Waals surface area contributed by atoms with Gasteiger partial charge in [-0.3, -0.25) is 4.79 Å². The number of carbonyl (C=O) groups excluding carboxylic acids is 1. The number of nitrogens with one attached hydrogen (secondary N) is 1. The third kappa shape index (κ3) is 3.53. The molecule has 0 unspecified atom stereocenters. The second-order valence-electron chi connectivity index (χ2n) is 5.86. The van der Waals surface area contributed by atoms with Crippen molar-refractivity contribution >= 4 is 17.2 Å². The lowest BCUT2D eigenvalue weighted by molar-refractivity contribution is -0.126. The summed E-state index contributed by atoms with van der Waals surface area (Å²) >= 11 is 1.65. The summed E-state index contributed by atoms with van der Waals surface area (Å²) in [6.07, 6.45) is 1.57. The normalized spacial score (nSPS) is 16.2. The van der Waals surface area contributed by atoms with Gasteiger partial charge in [-0.15, -0.1) is 11.3 Å². The largest absolute Gasteiger partial charge is 0.497 e. The van der Waals surface area contributed by atoms with Crippen LogP contribution in [-0.2, 0) is 24.2 Å². The van der Waals surface area contributed by atoms with Gasteiger partial charge in [0.25, 0.3) is 0 Å². The van der Waals surface area contributed by atoms with Crippen molar-refractivity contribution in [2.45, 2.75) is 33.2 Å². The van der Waals surface area contributed by atoms with Crippen LogP contribution in [0, 0.1) is 12.8 Å². The molecule has 0 spiro atoms. The van der Waals surface area contributed by atoms with E-state index in [1.165, 1.54) is 0 Å². The van der Waals surface area contributed by atoms with Crippen LogP contribution in [0.5, 0.6) is 11.5 Å². The van der Waals surface area contributed by atoms with E-state index in [1.807, 2.05) is 25.1 Å². The van der Waals surface area contributed by atoms with Gasteiger partial charge in [0.1, 0.15) is 18.1 Å². The Balaban J connectivity index is 1.61. The molecule has 5 nitrogen and oxygen atoms in total. The minimum Gasteiger partial charge on any atom is -0.497 e. The number of aryl methyl sites for hydroxylation is 2. The summed E-state index contributed by atoms with van der Waals surface area (Å²) in [5.41, 5.74) is 2.13. The van der Waals surface area contributed by atoms with E-state index < -0.39 is 0 Å². The van der Waals surface area contributed by atoms with Crippen molar-refractivity contribution < 1.29 is 14.3 Å². The smallest absolute Gasteiger partial charge is 0.227 e. The van der Waals surface area contributed by atoms with E-state index in [0.29, 0.717) is 19.6 Å². The fourth-order valence-electron chi connectivity index (χ4n) is 2.89. The highest BCUT2D eigenvalue weighted by Crippen LogP contribution is 2.31. The van der Waals surface area contributed by atoms with Crippen molar-refractivity contribution in [1.82, 2.24) is 10.3 Å². The number of hydrogen-bond acceptors (Lipinski definition) is 5. The van der Waals surface area contributed by atoms with Crippen LogP contribution < -0.4 is 14.8 Å². The van der Waals surface area contributed by atoms with E-state index in [1.54, 1.807) is 18.4 Å². The summed E-state index contributed by atoms with van der Waals surface area (Å²) in [5, 5.41) is 4.08. The Morgan fingerprint density at radius 2 is 2.33 bits per heavy atom. The van der Waals surface area contributed by atoms with Gasteiger partial charge in [-0.05, 0) is 31.4 Å². The number of methoxy groups -OCH3 is 1. The number of amides is 1. The fourth-order valence-corrected chi connectivity index (χ4v) is 3.85. The molecule has 0 radical (unpaired) electrons. The van der Waals surface area contributed by atoms with Crippen molar-refractivity contribution in [3.05, 3.63) is 39.3 Å². The van der Waals surface area contributed by atoms with Crippen molar-refractivity contribution in [3.63, 3.8) is 0 Å². The predicted octanol–water partition coefficient (Wildman–Crippen LogP) is 2.89. The van der Waals surface area contributed by atoms with E-state index in [-0.39, 0.29) is 11.8 Å². The molecule has 1 aromatic heterocycles. The zero-order chi connectivity index (χ0) is 17.1. The molecule has 1 aromatic carbocycles. The monoisotopic (exact) mass is 346 g/mol. The lowest BCUT2D eigenvalue weighted by atomic mass is 9.96. The summed E-state index contributed by atoms with van der Waals surface area (Å²) < 4.78 is 11.0. The van der Waals surface area contributed by atoms with Gasteiger partial charge in [-0.2, -0.15) is 0 Å². The molecular weight excluding hydrogens is 324 g/mol. The standard InChI is InChI=1S/C18H22N2O3S/c1-4-15-17(24-11(2)20-15)9-19-18(21)13-7-12-5-6-14(22-3)8-16(12)23-10-13/h5-6,8,13H,4,7,9-10H2,1-3H3,(H,19,21)/t13-/m1/s1. The number of carbonyl (C=O) groups is 1. The molecule has 0 fully saturated rings. The Labute approximate surface area is 146 Å². The first-order valence-corrected chi connectivity index (χ1v) is 8.95. The van der Waals surface area contributed by atoms with Crippen molar-refractivity contribution in [3.8, 4) is 11.5 Å². The summed E-state index contributed by atoms with van der Waals surface area (Å²) in [7, 11) is 1.63. The molecule has 1 atom stereocenters. The van der Waals surface area contributed by atoms with Crippen LogP contribution in [0.3, 0.4) is 0 Å². The highest BCUT2D eigenvalue weighted by molar-refractivity contribution is 7.11. The molecule has 1 aliphatic rings. The van der Waals surface area contributed by atoms with Gasteiger partial charge in [0.2, 0.25) is 5.91 Å². The van der Waals surface area contributed by atoms with Gasteiger partial charge in [0, 0.05) is 10.9 Å². The number of ether oxygens (including phenoxy) is 2. The van der Waals surface area contributed by atoms with Gasteiger partial charge in [-0.25, -0.2) is 4.98 Å². The van der Waals surface area contributed by atoms with E-state index in [9.17, 15) is 4.79 Å². The van der Waals surface area contributed by atoms with E-state index >= 15 is 0 Å². The van der Waals surface area contributed by atoms with Gasteiger partial charge < -0.3 is 14.8 Å². The zero-order valence-electron chi connectivity index (χ0n) is 14.2. The van der Waals surface area contributed by atoms with Gasteiger partial charge in [0.15, 0.2) is 0 Å². The molecule has 24 heavy (non-hydrogen) atoms. The van der Waals surface area contributed by atoms with Crippen LogP contribution in [0.25, 0.3) is 0 Å². The first-order valence-electron chi connectivity index (χ1n) is 8.13. The van der Waals surface area contributed by atoms with Crippen LogP contribution in [0.15, 0.2) is 18.2 Å². The van der Waals surface area contributed by atoms with Crippen molar-refractivity contribution in [1.29, 1.82) is 0 Å². The second-order valence-corrected chi connectivity index (χ2v) is 7.15. The van der Waals surface area contributed by atoms with Crippen molar-refractivity contribution in [2.24, 2.45) is 5.92 Å². The Morgan fingerprint density at radius 3 is 3.08 bits per heavy atom. The average molecular weight is 346 g/mol. The van der Waals surface area contributed by atoms with Crippen LogP contribution in [-0.4, -0.2) is 24.6 Å². The topological polar surface area (TPSA) is 60.5 Å². The molecule has 0 saturated carbocycles. The van der Waals surface area contributed by atoms with Crippen molar-refractivity contribution in [2.75, 3.05) is 13.7 Å². The number of rotatable bonds is 5. The molecule has 2 aromatic rings. The second kappa shape index (κ2) is 7.21. The summed E-state index contributed by atoms with van der Waals surface area (Å²) in [6, 6.07) is 5.74. The van der Waals surface area contributed by atoms with Crippen LogP contribution in [0.4, 0.5) is 0 Å². The Hall–Kier alpha value is -2.08. The zero-order valence-corrected chi connectivity index (χ0v) is 15.0. The number of thiazole rings is 1. The molecule has 3 rings (SSSR count). The number of aromatic nitrogens is 1. The Kier molecular flexibility index (Phi) is 5.04. The number of fused-ring (bicyclic) bond motifs is 1. The molecule has 6 heteroatoms. The molecule has 1 amide bonds. The van der Waals surface area contributed by atoms with Crippen LogP contribution in [0.1, 0.15) is 28.1 Å². The lowest BCUT2D eigenvalue weighted by Crippen LogP contribution is -2.37. The predicted molar refractivity (Wildman–Crippen MR) is 93.8 cm³/mol. The highest BCUT2D eigenvalue weighted by atomic mass is 32.1. The molecule has 1 N–H and O–H groups in total. The maximum Gasteiger partial charge on any atom is 0.227 e. The molecule has 0 bridgehead atoms. The SMILES string of the molecule is CCc1nc(C)sc1CNC(=O)[C@H]1COc2cc(OC)ccc2C1. The van der Waals surface area contributed by atoms with Crippen LogP contribution >= 0.6 is 11.3 Å². The number of hydrogen-bond donors (Lipinski definition) is 1. The van der Waals surface area contributed by atoms with Gasteiger partial charge in [-0.1, -0.05) is 13.0 Å². The Morgan fingerprint density at radius 1 is 1.50 bits per heavy atom. The Bertz CT molecular complexity index is 742. The minimum atomic E-state index is -0.162. The summed E-state index contributed by atoms with van der Waals surface area (Å²) in [4.78, 5) is 18.1. The maximum atomic E-state index is 12.5. The molecule has 0 saturated heterocycles. The molecule has 0 aliphatic carbocycles. The first kappa shape index (κ1) is 16.8. The quantitative estimate of drug-likeness (QED) is 0.904. The minimum absolute atomic E-state index is 0.0320. The fraction of sp³-hybridized carbons (Fsp3) is 0.444. The maximum absolute atomic E-state index is 12.5. The molecule has 2 heterocycles. The van der Waals surface area contributed by atoms with Gasteiger partial charge in [0.05, 0.1) is 30.3 Å². The van der Waals surface area contributed by atoms with Crippen LogP contribution in [0.2, 0.25) is 0 Å².